The monoisotopic (exact) mass is 226 g/mol. The van der Waals surface area contributed by atoms with Gasteiger partial charge in [-0.05, 0) is 0 Å². The van der Waals surface area contributed by atoms with Crippen LogP contribution in [0.1, 0.15) is 0 Å². The molecule has 4 N–H and O–H groups in total. The second-order valence-corrected chi connectivity index (χ2v) is 5.09. The topological polar surface area (TPSA) is 138 Å². The normalized spacial score (nSPS) is 13.1. The first-order chi connectivity index (χ1) is 5.71. The van der Waals surface area contributed by atoms with Crippen molar-refractivity contribution in [2.75, 3.05) is 0 Å². The number of rotatable bonds is 2. The molecule has 0 saturated heterocycles. The summed E-state index contributed by atoms with van der Waals surface area (Å²) in [6, 6.07) is 0. The van der Waals surface area contributed by atoms with Gasteiger partial charge in [0.25, 0.3) is 10.0 Å². The molecule has 0 spiro atoms. The predicted octanol–water partition coefficient (Wildman–Crippen LogP) is -2.42. The first-order valence-corrected chi connectivity index (χ1v) is 5.86. The number of nitrogens with two attached hydrogens (primary N) is 2. The number of primary sulfonamides is 1. The molecule has 1 rings (SSSR count). The van der Waals surface area contributed by atoms with Gasteiger partial charge in [0.15, 0.2) is 5.03 Å². The van der Waals surface area contributed by atoms with Crippen LogP contribution < -0.4 is 10.3 Å². The summed E-state index contributed by atoms with van der Waals surface area (Å²) < 4.78 is 43.0. The van der Waals surface area contributed by atoms with Gasteiger partial charge < -0.3 is 0 Å². The van der Waals surface area contributed by atoms with Crippen molar-refractivity contribution in [3.05, 3.63) is 12.5 Å². The molecule has 0 atom stereocenters. The Morgan fingerprint density at radius 2 is 1.77 bits per heavy atom. The van der Waals surface area contributed by atoms with Gasteiger partial charge in [-0.3, -0.25) is 0 Å². The van der Waals surface area contributed by atoms with Crippen molar-refractivity contribution in [1.82, 2.24) is 8.96 Å². The fourth-order valence-electron chi connectivity index (χ4n) is 0.575. The van der Waals surface area contributed by atoms with Crippen LogP contribution in [-0.4, -0.2) is 25.8 Å². The van der Waals surface area contributed by atoms with Crippen LogP contribution in [0.5, 0.6) is 0 Å². The molecule has 1 aromatic rings. The molecular formula is C3H6N4O4S2. The summed E-state index contributed by atoms with van der Waals surface area (Å²) in [5, 5.41) is 8.79. The standard InChI is InChI=1S/C3H6N4O4S2/c4-12(8,9)3-1-7(2-6-3)13(5,10)11/h1-2H,(H2,4,8,9)(H2,5,10,11). The second-order valence-electron chi connectivity index (χ2n) is 2.13. The molecule has 0 radical (unpaired) electrons. The Bertz CT molecular complexity index is 465. The lowest BCUT2D eigenvalue weighted by molar-refractivity contribution is 0.589. The van der Waals surface area contributed by atoms with E-state index in [2.05, 4.69) is 15.3 Å². The van der Waals surface area contributed by atoms with Crippen LogP contribution in [0.3, 0.4) is 0 Å². The quantitative estimate of drug-likeness (QED) is 0.578. The Morgan fingerprint density at radius 1 is 1.23 bits per heavy atom. The second kappa shape index (κ2) is 2.77. The van der Waals surface area contributed by atoms with E-state index in [1.54, 1.807) is 0 Å². The molecular weight excluding hydrogens is 220 g/mol. The van der Waals surface area contributed by atoms with Gasteiger partial charge >= 0.3 is 10.2 Å². The van der Waals surface area contributed by atoms with Crippen molar-refractivity contribution >= 4 is 20.2 Å². The lowest BCUT2D eigenvalue weighted by Crippen LogP contribution is -2.20. The molecule has 13 heavy (non-hydrogen) atoms. The van der Waals surface area contributed by atoms with E-state index in [0.29, 0.717) is 10.2 Å². The maximum absolute atomic E-state index is 10.6. The molecule has 10 heteroatoms. The molecule has 0 bridgehead atoms. The van der Waals surface area contributed by atoms with Crippen LogP contribution in [0.25, 0.3) is 0 Å². The van der Waals surface area contributed by atoms with E-state index in [0.717, 1.165) is 6.33 Å². The van der Waals surface area contributed by atoms with E-state index in [1.165, 1.54) is 0 Å². The van der Waals surface area contributed by atoms with E-state index in [1.807, 2.05) is 0 Å². The minimum absolute atomic E-state index is 0.451. The minimum atomic E-state index is -4.01. The molecule has 0 unspecified atom stereocenters. The lowest BCUT2D eigenvalue weighted by Gasteiger charge is -1.93. The highest BCUT2D eigenvalue weighted by Crippen LogP contribution is 2.02. The highest BCUT2D eigenvalue weighted by Gasteiger charge is 2.14. The summed E-state index contributed by atoms with van der Waals surface area (Å²) in [5.74, 6) is 0. The van der Waals surface area contributed by atoms with E-state index >= 15 is 0 Å². The third kappa shape index (κ3) is 2.24. The van der Waals surface area contributed by atoms with Crippen LogP contribution in [0.4, 0.5) is 0 Å². The van der Waals surface area contributed by atoms with Crippen molar-refractivity contribution in [3.8, 4) is 0 Å². The third-order valence-corrected chi connectivity index (χ3v) is 2.70. The summed E-state index contributed by atoms with van der Waals surface area (Å²) in [6.07, 6.45) is 1.46. The zero-order valence-electron chi connectivity index (χ0n) is 6.15. The number of nitrogens with zero attached hydrogens (tertiary/aromatic N) is 2. The SMILES string of the molecule is NS(=O)(=O)c1cn(S(N)(=O)=O)cn1. The van der Waals surface area contributed by atoms with Crippen molar-refractivity contribution in [2.45, 2.75) is 5.03 Å². The molecule has 0 aliphatic carbocycles. The Balaban J connectivity index is 3.32. The van der Waals surface area contributed by atoms with Crippen LogP contribution in [0.2, 0.25) is 0 Å². The largest absolute Gasteiger partial charge is 0.303 e. The summed E-state index contributed by atoms with van der Waals surface area (Å²) in [5.41, 5.74) is 0. The highest BCUT2D eigenvalue weighted by atomic mass is 32.2. The Kier molecular flexibility index (Phi) is 2.15. The molecule has 0 aliphatic heterocycles. The van der Waals surface area contributed by atoms with Crippen molar-refractivity contribution in [2.24, 2.45) is 10.3 Å². The van der Waals surface area contributed by atoms with Crippen LogP contribution in [-0.2, 0) is 20.2 Å². The third-order valence-electron chi connectivity index (χ3n) is 1.12. The van der Waals surface area contributed by atoms with Gasteiger partial charge in [-0.2, -0.15) is 8.42 Å². The van der Waals surface area contributed by atoms with Crippen molar-refractivity contribution in [3.63, 3.8) is 0 Å². The zero-order valence-corrected chi connectivity index (χ0v) is 7.79. The van der Waals surface area contributed by atoms with Gasteiger partial charge in [0.1, 0.15) is 6.33 Å². The molecule has 0 aliphatic rings. The van der Waals surface area contributed by atoms with E-state index < -0.39 is 25.3 Å². The summed E-state index contributed by atoms with van der Waals surface area (Å²) in [4.78, 5) is 3.24. The molecule has 0 aromatic carbocycles. The molecule has 0 fully saturated rings. The average molecular weight is 226 g/mol. The summed E-state index contributed by atoms with van der Waals surface area (Å²) in [7, 11) is -8.00. The van der Waals surface area contributed by atoms with E-state index in [-0.39, 0.29) is 0 Å². The molecule has 8 nitrogen and oxygen atoms in total. The molecule has 0 amide bonds. The first-order valence-electron chi connectivity index (χ1n) is 2.81. The van der Waals surface area contributed by atoms with Gasteiger partial charge in [-0.25, -0.2) is 27.7 Å². The highest BCUT2D eigenvalue weighted by molar-refractivity contribution is 7.89. The van der Waals surface area contributed by atoms with Gasteiger partial charge in [0.2, 0.25) is 0 Å². The number of hydrogen-bond donors (Lipinski definition) is 2. The summed E-state index contributed by atoms with van der Waals surface area (Å²) in [6.45, 7) is 0. The van der Waals surface area contributed by atoms with Crippen molar-refractivity contribution < 1.29 is 16.8 Å². The first kappa shape index (κ1) is 10.1. The van der Waals surface area contributed by atoms with Gasteiger partial charge in [-0.1, -0.05) is 0 Å². The molecule has 1 aromatic heterocycles. The Morgan fingerprint density at radius 3 is 2.00 bits per heavy atom. The van der Waals surface area contributed by atoms with Gasteiger partial charge in [-0.15, -0.1) is 0 Å². The van der Waals surface area contributed by atoms with Crippen LogP contribution in [0, 0.1) is 0 Å². The fraction of sp³-hybridized carbons (Fsp3) is 0. The lowest BCUT2D eigenvalue weighted by atomic mass is 11.0. The summed E-state index contributed by atoms with van der Waals surface area (Å²) >= 11 is 0. The van der Waals surface area contributed by atoms with E-state index in [4.69, 9.17) is 0 Å². The zero-order chi connectivity index (χ0) is 10.3. The van der Waals surface area contributed by atoms with E-state index in [9.17, 15) is 16.8 Å². The fourth-order valence-corrected chi connectivity index (χ4v) is 1.52. The number of sulfonamides is 1. The van der Waals surface area contributed by atoms with Crippen LogP contribution in [0.15, 0.2) is 17.6 Å². The maximum Gasteiger partial charge on any atom is 0.303 e. The predicted molar refractivity (Wildman–Crippen MR) is 42.1 cm³/mol. The van der Waals surface area contributed by atoms with Gasteiger partial charge in [0, 0.05) is 0 Å². The maximum atomic E-state index is 10.6. The Labute approximate surface area is 74.4 Å². The Hall–Kier alpha value is -0.970. The number of imidazole rings is 1. The molecule has 1 heterocycles. The number of aromatic nitrogens is 2. The molecule has 74 valence electrons. The van der Waals surface area contributed by atoms with Crippen molar-refractivity contribution in [1.29, 1.82) is 0 Å². The average Bonchev–Trinajstić information content (AvgIpc) is 2.28. The minimum Gasteiger partial charge on any atom is -0.223 e. The number of hydrogen-bond acceptors (Lipinski definition) is 5. The molecule has 0 saturated carbocycles. The van der Waals surface area contributed by atoms with Crippen LogP contribution >= 0.6 is 0 Å². The smallest absolute Gasteiger partial charge is 0.223 e. The van der Waals surface area contributed by atoms with Gasteiger partial charge in [0.05, 0.1) is 6.20 Å².